The highest BCUT2D eigenvalue weighted by molar-refractivity contribution is 5.60. The van der Waals surface area contributed by atoms with Gasteiger partial charge in [-0.3, -0.25) is 0 Å². The van der Waals surface area contributed by atoms with Crippen LogP contribution in [0.15, 0.2) is 36.5 Å². The summed E-state index contributed by atoms with van der Waals surface area (Å²) in [4.78, 5) is 8.75. The fourth-order valence-electron chi connectivity index (χ4n) is 2.01. The summed E-state index contributed by atoms with van der Waals surface area (Å²) in [5.74, 6) is 1.94. The lowest BCUT2D eigenvalue weighted by Crippen LogP contribution is -2.05. The fraction of sp³-hybridized carbons (Fsp3) is 0.375. The van der Waals surface area contributed by atoms with Crippen molar-refractivity contribution in [3.63, 3.8) is 0 Å². The third-order valence-electron chi connectivity index (χ3n) is 3.04. The number of rotatable bonds is 6. The molecule has 106 valence electrons. The molecule has 2 N–H and O–H groups in total. The fourth-order valence-corrected chi connectivity index (χ4v) is 2.01. The first kappa shape index (κ1) is 14.3. The van der Waals surface area contributed by atoms with Crippen LogP contribution >= 0.6 is 0 Å². The van der Waals surface area contributed by atoms with Crippen LogP contribution in [0, 0.1) is 0 Å². The third-order valence-corrected chi connectivity index (χ3v) is 3.04. The largest absolute Gasteiger partial charge is 0.370 e. The normalized spacial score (nSPS) is 10.6. The number of nitrogens with zero attached hydrogens (tertiary/aromatic N) is 2. The molecule has 0 unspecified atom stereocenters. The van der Waals surface area contributed by atoms with Crippen LogP contribution in [0.2, 0.25) is 0 Å². The Balaban J connectivity index is 2.17. The van der Waals surface area contributed by atoms with Crippen molar-refractivity contribution in [3.8, 4) is 0 Å². The van der Waals surface area contributed by atoms with E-state index in [4.69, 9.17) is 0 Å². The van der Waals surface area contributed by atoms with Gasteiger partial charge in [0.05, 0.1) is 0 Å². The van der Waals surface area contributed by atoms with Gasteiger partial charge < -0.3 is 10.6 Å². The summed E-state index contributed by atoms with van der Waals surface area (Å²) in [6.45, 7) is 7.41. The molecule has 4 nitrogen and oxygen atoms in total. The van der Waals surface area contributed by atoms with E-state index in [-0.39, 0.29) is 0 Å². The standard InChI is InChI=1S/C16H22N4/c1-4-10-17-15-9-11-18-16(20-15)19-14-8-6-5-7-13(14)12(2)3/h5-9,11-12H,4,10H2,1-3H3,(H2,17,18,19,20). The van der Waals surface area contributed by atoms with Gasteiger partial charge in [-0.25, -0.2) is 4.98 Å². The van der Waals surface area contributed by atoms with Crippen molar-refractivity contribution in [3.05, 3.63) is 42.1 Å². The van der Waals surface area contributed by atoms with Gasteiger partial charge in [0.2, 0.25) is 5.95 Å². The third kappa shape index (κ3) is 3.70. The molecule has 0 aliphatic carbocycles. The molecule has 0 spiro atoms. The molecule has 0 saturated heterocycles. The number of nitrogens with one attached hydrogen (secondary N) is 2. The summed E-state index contributed by atoms with van der Waals surface area (Å²) in [5, 5.41) is 6.58. The Morgan fingerprint density at radius 1 is 1.15 bits per heavy atom. The second kappa shape index (κ2) is 6.89. The lowest BCUT2D eigenvalue weighted by atomic mass is 10.0. The van der Waals surface area contributed by atoms with E-state index in [2.05, 4.69) is 59.6 Å². The van der Waals surface area contributed by atoms with Gasteiger partial charge in [-0.2, -0.15) is 4.98 Å². The molecule has 0 aliphatic rings. The lowest BCUT2D eigenvalue weighted by molar-refractivity contribution is 0.868. The molecule has 4 heteroatoms. The number of hydrogen-bond acceptors (Lipinski definition) is 4. The Hall–Kier alpha value is -2.10. The zero-order valence-electron chi connectivity index (χ0n) is 12.4. The van der Waals surface area contributed by atoms with Crippen molar-refractivity contribution >= 4 is 17.5 Å². The van der Waals surface area contributed by atoms with Crippen molar-refractivity contribution in [2.45, 2.75) is 33.1 Å². The SMILES string of the molecule is CCCNc1ccnc(Nc2ccccc2C(C)C)n1. The molecule has 0 aliphatic heterocycles. The summed E-state index contributed by atoms with van der Waals surface area (Å²) in [6, 6.07) is 10.2. The zero-order chi connectivity index (χ0) is 14.4. The maximum absolute atomic E-state index is 4.47. The van der Waals surface area contributed by atoms with E-state index in [0.717, 1.165) is 24.5 Å². The predicted octanol–water partition coefficient (Wildman–Crippen LogP) is 4.17. The molecular weight excluding hydrogens is 248 g/mol. The first-order chi connectivity index (χ1) is 9.70. The van der Waals surface area contributed by atoms with Crippen molar-refractivity contribution in [1.29, 1.82) is 0 Å². The van der Waals surface area contributed by atoms with E-state index in [1.54, 1.807) is 6.20 Å². The molecule has 0 fully saturated rings. The molecule has 1 heterocycles. The molecule has 2 rings (SSSR count). The van der Waals surface area contributed by atoms with E-state index in [1.165, 1.54) is 5.56 Å². The smallest absolute Gasteiger partial charge is 0.229 e. The molecule has 0 radical (unpaired) electrons. The van der Waals surface area contributed by atoms with E-state index in [1.807, 2.05) is 12.1 Å². The molecule has 1 aromatic carbocycles. The van der Waals surface area contributed by atoms with Crippen LogP contribution in [-0.2, 0) is 0 Å². The Morgan fingerprint density at radius 2 is 1.95 bits per heavy atom. The van der Waals surface area contributed by atoms with Crippen LogP contribution in [0.25, 0.3) is 0 Å². The first-order valence-corrected chi connectivity index (χ1v) is 7.13. The van der Waals surface area contributed by atoms with Crippen LogP contribution in [-0.4, -0.2) is 16.5 Å². The van der Waals surface area contributed by atoms with Gasteiger partial charge >= 0.3 is 0 Å². The van der Waals surface area contributed by atoms with Gasteiger partial charge in [-0.15, -0.1) is 0 Å². The predicted molar refractivity (Wildman–Crippen MR) is 84.6 cm³/mol. The van der Waals surface area contributed by atoms with Crippen LogP contribution in [0.4, 0.5) is 17.5 Å². The van der Waals surface area contributed by atoms with Crippen LogP contribution in [0.3, 0.4) is 0 Å². The van der Waals surface area contributed by atoms with Gasteiger partial charge in [0.1, 0.15) is 5.82 Å². The second-order valence-corrected chi connectivity index (χ2v) is 5.06. The minimum Gasteiger partial charge on any atom is -0.370 e. The number of benzene rings is 1. The molecule has 0 amide bonds. The second-order valence-electron chi connectivity index (χ2n) is 5.06. The summed E-state index contributed by atoms with van der Waals surface area (Å²) in [7, 11) is 0. The average molecular weight is 270 g/mol. The van der Waals surface area contributed by atoms with Crippen molar-refractivity contribution in [1.82, 2.24) is 9.97 Å². The highest BCUT2D eigenvalue weighted by Gasteiger charge is 2.07. The summed E-state index contributed by atoms with van der Waals surface area (Å²) in [5.41, 5.74) is 2.33. The number of anilines is 3. The molecule has 0 saturated carbocycles. The van der Waals surface area contributed by atoms with E-state index < -0.39 is 0 Å². The van der Waals surface area contributed by atoms with Gasteiger partial charge in [0.25, 0.3) is 0 Å². The summed E-state index contributed by atoms with van der Waals surface area (Å²) >= 11 is 0. The van der Waals surface area contributed by atoms with Crippen LogP contribution in [0.1, 0.15) is 38.7 Å². The van der Waals surface area contributed by atoms with Gasteiger partial charge in [0, 0.05) is 18.4 Å². The Kier molecular flexibility index (Phi) is 4.93. The Labute approximate surface area is 120 Å². The maximum Gasteiger partial charge on any atom is 0.229 e. The summed E-state index contributed by atoms with van der Waals surface area (Å²) in [6.07, 6.45) is 2.84. The van der Waals surface area contributed by atoms with Crippen molar-refractivity contribution in [2.75, 3.05) is 17.2 Å². The molecule has 0 bridgehead atoms. The van der Waals surface area contributed by atoms with Crippen LogP contribution < -0.4 is 10.6 Å². The first-order valence-electron chi connectivity index (χ1n) is 7.13. The number of aromatic nitrogens is 2. The summed E-state index contributed by atoms with van der Waals surface area (Å²) < 4.78 is 0. The van der Waals surface area contributed by atoms with Gasteiger partial charge in [0.15, 0.2) is 0 Å². The Bertz CT molecular complexity index is 552. The topological polar surface area (TPSA) is 49.8 Å². The van der Waals surface area contributed by atoms with Crippen LogP contribution in [0.5, 0.6) is 0 Å². The van der Waals surface area contributed by atoms with Crippen molar-refractivity contribution in [2.24, 2.45) is 0 Å². The zero-order valence-corrected chi connectivity index (χ0v) is 12.4. The highest BCUT2D eigenvalue weighted by atomic mass is 15.1. The highest BCUT2D eigenvalue weighted by Crippen LogP contribution is 2.25. The van der Waals surface area contributed by atoms with Crippen molar-refractivity contribution < 1.29 is 0 Å². The molecular formula is C16H22N4. The van der Waals surface area contributed by atoms with Gasteiger partial charge in [-0.1, -0.05) is 39.0 Å². The van der Waals surface area contributed by atoms with E-state index in [0.29, 0.717) is 11.9 Å². The number of para-hydroxylation sites is 1. The quantitative estimate of drug-likeness (QED) is 0.827. The molecule has 20 heavy (non-hydrogen) atoms. The Morgan fingerprint density at radius 3 is 2.70 bits per heavy atom. The van der Waals surface area contributed by atoms with Gasteiger partial charge in [-0.05, 0) is 30.0 Å². The minimum absolute atomic E-state index is 0.458. The minimum atomic E-state index is 0.458. The average Bonchev–Trinajstić information content (AvgIpc) is 2.46. The lowest BCUT2D eigenvalue weighted by Gasteiger charge is -2.14. The number of hydrogen-bond donors (Lipinski definition) is 2. The van der Waals surface area contributed by atoms with E-state index >= 15 is 0 Å². The maximum atomic E-state index is 4.47. The van der Waals surface area contributed by atoms with E-state index in [9.17, 15) is 0 Å². The molecule has 2 aromatic rings. The molecule has 0 atom stereocenters. The molecule has 1 aromatic heterocycles. The monoisotopic (exact) mass is 270 g/mol.